The van der Waals surface area contributed by atoms with Crippen molar-refractivity contribution in [3.05, 3.63) is 54.4 Å². The summed E-state index contributed by atoms with van der Waals surface area (Å²) in [5.41, 5.74) is 2.67. The molecule has 2 rings (SSSR count). The van der Waals surface area contributed by atoms with Gasteiger partial charge < -0.3 is 0 Å². The number of nitrogens with zero attached hydrogens (tertiary/aromatic N) is 1. The number of benzene rings is 1. The van der Waals surface area contributed by atoms with Gasteiger partial charge in [-0.2, -0.15) is 0 Å². The predicted molar refractivity (Wildman–Crippen MR) is 68.2 cm³/mol. The molecule has 88 valence electrons. The van der Waals surface area contributed by atoms with Gasteiger partial charge in [-0.25, -0.2) is 8.42 Å². The summed E-state index contributed by atoms with van der Waals surface area (Å²) in [6.07, 6.45) is 4.52. The summed E-state index contributed by atoms with van der Waals surface area (Å²) >= 11 is 0. The highest BCUT2D eigenvalue weighted by molar-refractivity contribution is 7.89. The molecule has 0 N–H and O–H groups in total. The molecule has 0 atom stereocenters. The Kier molecular flexibility index (Phi) is 3.24. The van der Waals surface area contributed by atoms with Crippen LogP contribution in [0.1, 0.15) is 5.56 Å². The van der Waals surface area contributed by atoms with E-state index in [4.69, 9.17) is 0 Å². The van der Waals surface area contributed by atoms with Gasteiger partial charge in [0.15, 0.2) is 9.84 Å². The molecule has 17 heavy (non-hydrogen) atoms. The summed E-state index contributed by atoms with van der Waals surface area (Å²) in [6, 6.07) is 11.6. The lowest BCUT2D eigenvalue weighted by molar-refractivity contribution is 0.601. The van der Waals surface area contributed by atoms with E-state index in [0.717, 1.165) is 16.7 Å². The first-order chi connectivity index (χ1) is 8.06. The zero-order chi connectivity index (χ0) is 12.3. The largest absolute Gasteiger partial charge is 0.264 e. The second-order valence-electron chi connectivity index (χ2n) is 3.97. The third-order valence-electron chi connectivity index (χ3n) is 2.41. The topological polar surface area (TPSA) is 47.0 Å². The van der Waals surface area contributed by atoms with Gasteiger partial charge in [0.05, 0.1) is 5.75 Å². The standard InChI is InChI=1S/C13H13NO2S/c1-17(15,16)10-12-9-14-8-7-13(12)11-5-3-2-4-6-11/h2-9H,10H2,1H3. The van der Waals surface area contributed by atoms with E-state index in [-0.39, 0.29) is 5.75 Å². The minimum Gasteiger partial charge on any atom is -0.264 e. The van der Waals surface area contributed by atoms with Crippen molar-refractivity contribution in [3.63, 3.8) is 0 Å². The molecular formula is C13H13NO2S. The lowest BCUT2D eigenvalue weighted by atomic mass is 10.0. The highest BCUT2D eigenvalue weighted by atomic mass is 32.2. The zero-order valence-corrected chi connectivity index (χ0v) is 10.3. The molecule has 0 aliphatic carbocycles. The Morgan fingerprint density at radius 2 is 1.82 bits per heavy atom. The molecule has 0 saturated carbocycles. The summed E-state index contributed by atoms with van der Waals surface area (Å²) in [4.78, 5) is 3.99. The van der Waals surface area contributed by atoms with Crippen LogP contribution in [0.5, 0.6) is 0 Å². The summed E-state index contributed by atoms with van der Waals surface area (Å²) in [7, 11) is -3.05. The van der Waals surface area contributed by atoms with E-state index in [0.29, 0.717) is 0 Å². The summed E-state index contributed by atoms with van der Waals surface area (Å²) in [5, 5.41) is 0. The highest BCUT2D eigenvalue weighted by Crippen LogP contribution is 2.23. The molecule has 2 aromatic rings. The van der Waals surface area contributed by atoms with Crippen molar-refractivity contribution < 1.29 is 8.42 Å². The van der Waals surface area contributed by atoms with E-state index in [9.17, 15) is 8.42 Å². The molecule has 0 saturated heterocycles. The van der Waals surface area contributed by atoms with Crippen LogP contribution in [0.2, 0.25) is 0 Å². The van der Waals surface area contributed by atoms with Gasteiger partial charge in [0.25, 0.3) is 0 Å². The first-order valence-electron chi connectivity index (χ1n) is 5.22. The normalized spacial score (nSPS) is 11.4. The lowest BCUT2D eigenvalue weighted by Gasteiger charge is -2.07. The summed E-state index contributed by atoms with van der Waals surface area (Å²) < 4.78 is 22.7. The Hall–Kier alpha value is -1.68. The van der Waals surface area contributed by atoms with Crippen molar-refractivity contribution in [2.75, 3.05) is 6.26 Å². The Balaban J connectivity index is 2.49. The van der Waals surface area contributed by atoms with Gasteiger partial charge >= 0.3 is 0 Å². The summed E-state index contributed by atoms with van der Waals surface area (Å²) in [6.45, 7) is 0. The molecule has 0 aliphatic heterocycles. The monoisotopic (exact) mass is 247 g/mol. The van der Waals surface area contributed by atoms with Crippen LogP contribution in [0.15, 0.2) is 48.8 Å². The number of aromatic nitrogens is 1. The highest BCUT2D eigenvalue weighted by Gasteiger charge is 2.10. The molecule has 0 amide bonds. The van der Waals surface area contributed by atoms with Crippen molar-refractivity contribution >= 4 is 9.84 Å². The van der Waals surface area contributed by atoms with Crippen LogP contribution in [0.3, 0.4) is 0 Å². The van der Waals surface area contributed by atoms with Crippen LogP contribution in [0.4, 0.5) is 0 Å². The van der Waals surface area contributed by atoms with E-state index in [2.05, 4.69) is 4.98 Å². The SMILES string of the molecule is CS(=O)(=O)Cc1cnccc1-c1ccccc1. The van der Waals surface area contributed by atoms with Gasteiger partial charge in [0, 0.05) is 18.6 Å². The molecule has 4 heteroatoms. The van der Waals surface area contributed by atoms with Gasteiger partial charge in [-0.15, -0.1) is 0 Å². The Labute approximate surface area is 101 Å². The van der Waals surface area contributed by atoms with Gasteiger partial charge in [0.1, 0.15) is 0 Å². The van der Waals surface area contributed by atoms with Crippen molar-refractivity contribution in [2.24, 2.45) is 0 Å². The molecule has 3 nitrogen and oxygen atoms in total. The van der Waals surface area contributed by atoms with Crippen LogP contribution < -0.4 is 0 Å². The Bertz CT molecular complexity index is 606. The Morgan fingerprint density at radius 1 is 1.12 bits per heavy atom. The van der Waals surface area contributed by atoms with E-state index in [1.54, 1.807) is 12.4 Å². The number of pyridine rings is 1. The second kappa shape index (κ2) is 4.67. The number of rotatable bonds is 3. The van der Waals surface area contributed by atoms with Crippen LogP contribution in [-0.4, -0.2) is 19.7 Å². The third-order valence-corrected chi connectivity index (χ3v) is 3.24. The quantitative estimate of drug-likeness (QED) is 0.836. The fourth-order valence-corrected chi connectivity index (χ4v) is 2.52. The Morgan fingerprint density at radius 3 is 2.47 bits per heavy atom. The van der Waals surface area contributed by atoms with Crippen molar-refractivity contribution in [2.45, 2.75) is 5.75 Å². The zero-order valence-electron chi connectivity index (χ0n) is 9.50. The molecule has 1 heterocycles. The molecular weight excluding hydrogens is 234 g/mol. The number of sulfone groups is 1. The predicted octanol–water partition coefficient (Wildman–Crippen LogP) is 2.29. The van der Waals surface area contributed by atoms with Crippen LogP contribution in [0.25, 0.3) is 11.1 Å². The maximum atomic E-state index is 11.4. The fraction of sp³-hybridized carbons (Fsp3) is 0.154. The van der Waals surface area contributed by atoms with Gasteiger partial charge in [-0.1, -0.05) is 30.3 Å². The summed E-state index contributed by atoms with van der Waals surface area (Å²) in [5.74, 6) is 0.0189. The maximum Gasteiger partial charge on any atom is 0.151 e. The van der Waals surface area contributed by atoms with Crippen molar-refractivity contribution in [3.8, 4) is 11.1 Å². The van der Waals surface area contributed by atoms with E-state index in [1.807, 2.05) is 36.4 Å². The minimum absolute atomic E-state index is 0.0189. The van der Waals surface area contributed by atoms with Crippen LogP contribution >= 0.6 is 0 Å². The van der Waals surface area contributed by atoms with Crippen molar-refractivity contribution in [1.29, 1.82) is 0 Å². The average Bonchev–Trinajstić information content (AvgIpc) is 2.29. The van der Waals surface area contributed by atoms with Gasteiger partial charge in [-0.05, 0) is 22.8 Å². The molecule has 0 aliphatic rings. The van der Waals surface area contributed by atoms with Crippen LogP contribution in [0, 0.1) is 0 Å². The average molecular weight is 247 g/mol. The molecule has 0 unspecified atom stereocenters. The molecule has 0 bridgehead atoms. The van der Waals surface area contributed by atoms with E-state index in [1.165, 1.54) is 6.26 Å². The molecule has 1 aromatic heterocycles. The van der Waals surface area contributed by atoms with Gasteiger partial charge in [0.2, 0.25) is 0 Å². The van der Waals surface area contributed by atoms with Crippen molar-refractivity contribution in [1.82, 2.24) is 4.98 Å². The molecule has 1 aromatic carbocycles. The van der Waals surface area contributed by atoms with Crippen LogP contribution in [-0.2, 0) is 15.6 Å². The first kappa shape index (κ1) is 11.8. The van der Waals surface area contributed by atoms with E-state index >= 15 is 0 Å². The maximum absolute atomic E-state index is 11.4. The van der Waals surface area contributed by atoms with Gasteiger partial charge in [-0.3, -0.25) is 4.98 Å². The second-order valence-corrected chi connectivity index (χ2v) is 6.11. The number of hydrogen-bond donors (Lipinski definition) is 0. The molecule has 0 spiro atoms. The molecule has 0 radical (unpaired) electrons. The fourth-order valence-electron chi connectivity index (χ4n) is 1.72. The lowest BCUT2D eigenvalue weighted by Crippen LogP contribution is -2.02. The minimum atomic E-state index is -3.05. The molecule has 0 fully saturated rings. The smallest absolute Gasteiger partial charge is 0.151 e. The van der Waals surface area contributed by atoms with E-state index < -0.39 is 9.84 Å². The number of hydrogen-bond acceptors (Lipinski definition) is 3. The first-order valence-corrected chi connectivity index (χ1v) is 7.28. The third kappa shape index (κ3) is 3.14.